The van der Waals surface area contributed by atoms with E-state index in [-0.39, 0.29) is 5.54 Å². The molecule has 0 spiro atoms. The third kappa shape index (κ3) is 3.35. The Hall–Kier alpha value is -0.280. The molecule has 1 heterocycles. The van der Waals surface area contributed by atoms with Gasteiger partial charge in [-0.1, -0.05) is 6.92 Å². The molecule has 0 amide bonds. The summed E-state index contributed by atoms with van der Waals surface area (Å²) in [7, 11) is 0. The fourth-order valence-electron chi connectivity index (χ4n) is 2.33. The van der Waals surface area contributed by atoms with Crippen LogP contribution in [0.4, 0.5) is 5.82 Å². The zero-order valence-electron chi connectivity index (χ0n) is 10.0. The minimum absolute atomic E-state index is 0.0366. The van der Waals surface area contributed by atoms with Crippen LogP contribution in [0.2, 0.25) is 0 Å². The lowest BCUT2D eigenvalue weighted by atomic mass is 9.78. The molecule has 0 radical (unpaired) electrons. The van der Waals surface area contributed by atoms with E-state index in [1.807, 2.05) is 18.3 Å². The summed E-state index contributed by atoms with van der Waals surface area (Å²) < 4.78 is 1.00. The van der Waals surface area contributed by atoms with E-state index in [0.29, 0.717) is 5.88 Å². The maximum absolute atomic E-state index is 6.17. The predicted octanol–water partition coefficient (Wildman–Crippen LogP) is 4.44. The normalized spacial score (nSPS) is 29.0. The third-order valence-electron chi connectivity index (χ3n) is 3.61. The number of hydrogen-bond acceptors (Lipinski definition) is 2. The summed E-state index contributed by atoms with van der Waals surface area (Å²) >= 11 is 9.56. The molecule has 1 saturated carbocycles. The molecule has 4 heteroatoms. The molecular weight excluding hydrogens is 300 g/mol. The lowest BCUT2D eigenvalue weighted by Crippen LogP contribution is -2.43. The molecule has 1 aliphatic carbocycles. The van der Waals surface area contributed by atoms with Gasteiger partial charge in [-0.15, -0.1) is 11.6 Å². The number of alkyl halides is 1. The van der Waals surface area contributed by atoms with Gasteiger partial charge in [-0.3, -0.25) is 0 Å². The topological polar surface area (TPSA) is 24.9 Å². The fraction of sp³-hybridized carbons (Fsp3) is 0.615. The van der Waals surface area contributed by atoms with Crippen molar-refractivity contribution in [2.24, 2.45) is 5.92 Å². The second-order valence-corrected chi connectivity index (χ2v) is 6.27. The van der Waals surface area contributed by atoms with E-state index < -0.39 is 0 Å². The number of anilines is 1. The van der Waals surface area contributed by atoms with Gasteiger partial charge in [0, 0.05) is 16.5 Å². The highest BCUT2D eigenvalue weighted by Gasteiger charge is 2.33. The van der Waals surface area contributed by atoms with Crippen LogP contribution in [0.5, 0.6) is 0 Å². The molecular formula is C13H18BrClN2. The molecule has 0 bridgehead atoms. The molecule has 0 atom stereocenters. The zero-order chi connectivity index (χ0) is 12.3. The minimum atomic E-state index is 0.0366. The first-order valence-corrected chi connectivity index (χ1v) is 7.42. The molecule has 17 heavy (non-hydrogen) atoms. The molecule has 0 aliphatic heterocycles. The minimum Gasteiger partial charge on any atom is -0.363 e. The van der Waals surface area contributed by atoms with Crippen LogP contribution >= 0.6 is 27.5 Å². The van der Waals surface area contributed by atoms with Gasteiger partial charge in [-0.05, 0) is 59.7 Å². The number of nitrogens with one attached hydrogen (secondary N) is 1. The van der Waals surface area contributed by atoms with Gasteiger partial charge in [0.05, 0.1) is 5.54 Å². The van der Waals surface area contributed by atoms with Crippen LogP contribution < -0.4 is 5.32 Å². The van der Waals surface area contributed by atoms with Crippen LogP contribution in [0.1, 0.15) is 32.6 Å². The summed E-state index contributed by atoms with van der Waals surface area (Å²) in [5.74, 6) is 2.40. The van der Waals surface area contributed by atoms with Crippen LogP contribution in [0, 0.1) is 5.92 Å². The summed E-state index contributed by atoms with van der Waals surface area (Å²) in [4.78, 5) is 4.37. The van der Waals surface area contributed by atoms with Gasteiger partial charge < -0.3 is 5.32 Å². The average Bonchev–Trinajstić information content (AvgIpc) is 2.35. The molecule has 2 rings (SSSR count). The van der Waals surface area contributed by atoms with Gasteiger partial charge in [0.15, 0.2) is 0 Å². The molecule has 1 fully saturated rings. The fourth-order valence-corrected chi connectivity index (χ4v) is 2.90. The van der Waals surface area contributed by atoms with Gasteiger partial charge in [0.2, 0.25) is 0 Å². The van der Waals surface area contributed by atoms with Crippen molar-refractivity contribution in [3.8, 4) is 0 Å². The molecule has 0 aromatic carbocycles. The maximum atomic E-state index is 6.17. The number of aromatic nitrogens is 1. The quantitative estimate of drug-likeness (QED) is 0.833. The third-order valence-corrected chi connectivity index (χ3v) is 4.59. The monoisotopic (exact) mass is 316 g/mol. The molecule has 0 unspecified atom stereocenters. The molecule has 1 aromatic rings. The van der Waals surface area contributed by atoms with E-state index in [2.05, 4.69) is 33.2 Å². The Morgan fingerprint density at radius 2 is 2.18 bits per heavy atom. The van der Waals surface area contributed by atoms with Gasteiger partial charge >= 0.3 is 0 Å². The summed E-state index contributed by atoms with van der Waals surface area (Å²) in [5, 5.41) is 3.53. The van der Waals surface area contributed by atoms with E-state index in [4.69, 9.17) is 11.6 Å². The van der Waals surface area contributed by atoms with E-state index in [0.717, 1.165) is 29.1 Å². The largest absolute Gasteiger partial charge is 0.363 e. The number of pyridine rings is 1. The number of rotatable bonds is 3. The average molecular weight is 318 g/mol. The van der Waals surface area contributed by atoms with E-state index in [1.165, 1.54) is 12.8 Å². The number of halogens is 2. The smallest absolute Gasteiger partial charge is 0.126 e. The van der Waals surface area contributed by atoms with Crippen molar-refractivity contribution in [2.75, 3.05) is 11.2 Å². The van der Waals surface area contributed by atoms with Crippen LogP contribution in [0.25, 0.3) is 0 Å². The lowest BCUT2D eigenvalue weighted by Gasteiger charge is -2.39. The van der Waals surface area contributed by atoms with Crippen molar-refractivity contribution in [1.29, 1.82) is 0 Å². The van der Waals surface area contributed by atoms with Crippen molar-refractivity contribution >= 4 is 33.3 Å². The zero-order valence-corrected chi connectivity index (χ0v) is 12.4. The van der Waals surface area contributed by atoms with Crippen LogP contribution in [0.15, 0.2) is 22.8 Å². The molecule has 94 valence electrons. The summed E-state index contributed by atoms with van der Waals surface area (Å²) in [5.41, 5.74) is 0.0366. The van der Waals surface area contributed by atoms with Gasteiger partial charge in [-0.2, -0.15) is 0 Å². The van der Waals surface area contributed by atoms with E-state index in [9.17, 15) is 0 Å². The van der Waals surface area contributed by atoms with Crippen molar-refractivity contribution in [3.63, 3.8) is 0 Å². The summed E-state index contributed by atoms with van der Waals surface area (Å²) in [6.07, 6.45) is 6.58. The second kappa shape index (κ2) is 5.57. The first-order chi connectivity index (χ1) is 8.13. The van der Waals surface area contributed by atoms with Crippen LogP contribution in [0.3, 0.4) is 0 Å². The van der Waals surface area contributed by atoms with Crippen molar-refractivity contribution in [2.45, 2.75) is 38.1 Å². The van der Waals surface area contributed by atoms with E-state index >= 15 is 0 Å². The van der Waals surface area contributed by atoms with Crippen molar-refractivity contribution in [1.82, 2.24) is 4.98 Å². The highest BCUT2D eigenvalue weighted by Crippen LogP contribution is 2.35. The van der Waals surface area contributed by atoms with Gasteiger partial charge in [-0.25, -0.2) is 4.98 Å². The molecule has 1 N–H and O–H groups in total. The number of nitrogens with zero attached hydrogens (tertiary/aromatic N) is 1. The molecule has 0 saturated heterocycles. The Kier molecular flexibility index (Phi) is 4.31. The molecule has 1 aromatic heterocycles. The van der Waals surface area contributed by atoms with E-state index in [1.54, 1.807) is 0 Å². The Balaban J connectivity index is 2.06. The standard InChI is InChI=1S/C13H18BrClN2/c1-10-4-6-13(9-15,7-5-10)17-12-3-2-11(14)8-16-12/h2-3,8,10H,4-7,9H2,1H3,(H,16,17). The molecule has 2 nitrogen and oxygen atoms in total. The first-order valence-electron chi connectivity index (χ1n) is 6.09. The Labute approximate surface area is 116 Å². The van der Waals surface area contributed by atoms with Gasteiger partial charge in [0.25, 0.3) is 0 Å². The first kappa shape index (κ1) is 13.2. The SMILES string of the molecule is CC1CCC(CCl)(Nc2ccc(Br)cn2)CC1. The lowest BCUT2D eigenvalue weighted by molar-refractivity contribution is 0.286. The Morgan fingerprint density at radius 1 is 1.47 bits per heavy atom. The highest BCUT2D eigenvalue weighted by atomic mass is 79.9. The van der Waals surface area contributed by atoms with Crippen molar-refractivity contribution < 1.29 is 0 Å². The van der Waals surface area contributed by atoms with Crippen LogP contribution in [-0.4, -0.2) is 16.4 Å². The van der Waals surface area contributed by atoms with Crippen molar-refractivity contribution in [3.05, 3.63) is 22.8 Å². The maximum Gasteiger partial charge on any atom is 0.126 e. The Morgan fingerprint density at radius 3 is 2.71 bits per heavy atom. The Bertz CT molecular complexity index is 358. The predicted molar refractivity (Wildman–Crippen MR) is 76.6 cm³/mol. The molecule has 1 aliphatic rings. The second-order valence-electron chi connectivity index (χ2n) is 5.08. The summed E-state index contributed by atoms with van der Waals surface area (Å²) in [6, 6.07) is 4.00. The van der Waals surface area contributed by atoms with Gasteiger partial charge in [0.1, 0.15) is 5.82 Å². The summed E-state index contributed by atoms with van der Waals surface area (Å²) in [6.45, 7) is 2.32. The van der Waals surface area contributed by atoms with Crippen LogP contribution in [-0.2, 0) is 0 Å². The number of hydrogen-bond donors (Lipinski definition) is 1. The highest BCUT2D eigenvalue weighted by molar-refractivity contribution is 9.10.